The lowest BCUT2D eigenvalue weighted by molar-refractivity contribution is -0.143. The Bertz CT molecular complexity index is 615. The minimum Gasteiger partial charge on any atom is -0.480 e. The lowest BCUT2D eigenvalue weighted by atomic mass is 10.1. The van der Waals surface area contributed by atoms with Gasteiger partial charge in [-0.15, -0.1) is 0 Å². The first-order chi connectivity index (χ1) is 11.6. The van der Waals surface area contributed by atoms with E-state index in [1.165, 1.54) is 5.56 Å². The fourth-order valence-corrected chi connectivity index (χ4v) is 3.60. The van der Waals surface area contributed by atoms with Gasteiger partial charge in [0.1, 0.15) is 6.04 Å². The van der Waals surface area contributed by atoms with Crippen LogP contribution in [-0.4, -0.2) is 51.5 Å². The van der Waals surface area contributed by atoms with Gasteiger partial charge in [0.15, 0.2) is 0 Å². The molecule has 2 fully saturated rings. The van der Waals surface area contributed by atoms with E-state index in [1.54, 1.807) is 6.20 Å². The molecule has 1 saturated heterocycles. The number of aryl methyl sites for hydroxylation is 2. The molecule has 2 N–H and O–H groups in total. The Labute approximate surface area is 142 Å². The Kier molecular flexibility index (Phi) is 5.14. The largest absolute Gasteiger partial charge is 0.480 e. The average molecular weight is 331 g/mol. The van der Waals surface area contributed by atoms with Crippen LogP contribution >= 0.6 is 0 Å². The third-order valence-electron chi connectivity index (χ3n) is 5.00. The summed E-state index contributed by atoms with van der Waals surface area (Å²) in [6.07, 6.45) is 6.68. The highest BCUT2D eigenvalue weighted by atomic mass is 16.4. The second kappa shape index (κ2) is 7.30. The monoisotopic (exact) mass is 331 g/mol. The van der Waals surface area contributed by atoms with Gasteiger partial charge in [0, 0.05) is 24.5 Å². The topological polar surface area (TPSA) is 82.5 Å². The summed E-state index contributed by atoms with van der Waals surface area (Å²) in [4.78, 5) is 30.1. The summed E-state index contributed by atoms with van der Waals surface area (Å²) in [5.41, 5.74) is 2.24. The maximum absolute atomic E-state index is 12.5. The SMILES string of the molecule is Cc1cccnc1CCCNC(=O)C1CCC(C(=O)O)N1C1CC1. The molecule has 3 rings (SSSR count). The quantitative estimate of drug-likeness (QED) is 0.740. The number of carboxylic acid groups (broad SMARTS) is 1. The Morgan fingerprint density at radius 2 is 2.04 bits per heavy atom. The number of aliphatic carboxylic acids is 1. The number of rotatable bonds is 7. The molecule has 1 aliphatic heterocycles. The van der Waals surface area contributed by atoms with Crippen molar-refractivity contribution in [3.8, 4) is 0 Å². The average Bonchev–Trinajstić information content (AvgIpc) is 3.30. The van der Waals surface area contributed by atoms with Gasteiger partial charge < -0.3 is 10.4 Å². The summed E-state index contributed by atoms with van der Waals surface area (Å²) in [5, 5.41) is 12.3. The summed E-state index contributed by atoms with van der Waals surface area (Å²) < 4.78 is 0. The van der Waals surface area contributed by atoms with Crippen molar-refractivity contribution in [1.29, 1.82) is 0 Å². The summed E-state index contributed by atoms with van der Waals surface area (Å²) in [7, 11) is 0. The van der Waals surface area contributed by atoms with E-state index in [4.69, 9.17) is 0 Å². The number of nitrogens with one attached hydrogen (secondary N) is 1. The van der Waals surface area contributed by atoms with Gasteiger partial charge in [-0.05, 0) is 57.1 Å². The smallest absolute Gasteiger partial charge is 0.320 e. The number of carbonyl (C=O) groups is 2. The fourth-order valence-electron chi connectivity index (χ4n) is 3.60. The molecule has 2 atom stereocenters. The number of likely N-dealkylation sites (tertiary alicyclic amines) is 1. The predicted octanol–water partition coefficient (Wildman–Crippen LogP) is 1.52. The zero-order valence-electron chi connectivity index (χ0n) is 14.1. The normalized spacial score (nSPS) is 24.0. The van der Waals surface area contributed by atoms with Gasteiger partial charge in [0.25, 0.3) is 0 Å². The Morgan fingerprint density at radius 3 is 2.71 bits per heavy atom. The van der Waals surface area contributed by atoms with Gasteiger partial charge in [-0.25, -0.2) is 0 Å². The van der Waals surface area contributed by atoms with E-state index in [0.717, 1.165) is 31.4 Å². The first-order valence-corrected chi connectivity index (χ1v) is 8.76. The molecule has 130 valence electrons. The van der Waals surface area contributed by atoms with E-state index in [2.05, 4.69) is 10.3 Å². The van der Waals surface area contributed by atoms with Gasteiger partial charge >= 0.3 is 5.97 Å². The van der Waals surface area contributed by atoms with Crippen LogP contribution in [0.15, 0.2) is 18.3 Å². The number of aromatic nitrogens is 1. The third-order valence-corrected chi connectivity index (χ3v) is 5.00. The molecule has 2 unspecified atom stereocenters. The van der Waals surface area contributed by atoms with E-state index in [-0.39, 0.29) is 18.0 Å². The molecule has 0 bridgehead atoms. The zero-order chi connectivity index (χ0) is 17.1. The molecule has 1 aromatic rings. The first kappa shape index (κ1) is 16.9. The molecule has 0 aromatic carbocycles. The minimum absolute atomic E-state index is 0.0246. The number of nitrogens with zero attached hydrogens (tertiary/aromatic N) is 2. The van der Waals surface area contributed by atoms with Crippen LogP contribution < -0.4 is 5.32 Å². The predicted molar refractivity (Wildman–Crippen MR) is 89.6 cm³/mol. The summed E-state index contributed by atoms with van der Waals surface area (Å²) in [6.45, 7) is 2.64. The number of pyridine rings is 1. The Morgan fingerprint density at radius 1 is 1.29 bits per heavy atom. The maximum atomic E-state index is 12.5. The van der Waals surface area contributed by atoms with Crippen LogP contribution in [0.5, 0.6) is 0 Å². The standard InChI is InChI=1S/C18H25N3O3/c1-12-4-2-10-19-14(12)5-3-11-20-17(22)15-8-9-16(18(23)24)21(15)13-6-7-13/h2,4,10,13,15-16H,3,5-9,11H2,1H3,(H,20,22)(H,23,24). The van der Waals surface area contributed by atoms with E-state index >= 15 is 0 Å². The third kappa shape index (κ3) is 3.75. The summed E-state index contributed by atoms with van der Waals surface area (Å²) >= 11 is 0. The molecular formula is C18H25N3O3. The van der Waals surface area contributed by atoms with Gasteiger partial charge in [0.2, 0.25) is 5.91 Å². The second-order valence-electron chi connectivity index (χ2n) is 6.79. The van der Waals surface area contributed by atoms with Crippen molar-refractivity contribution in [3.05, 3.63) is 29.6 Å². The van der Waals surface area contributed by atoms with Gasteiger partial charge in [-0.3, -0.25) is 19.5 Å². The van der Waals surface area contributed by atoms with E-state index < -0.39 is 12.0 Å². The molecule has 0 radical (unpaired) electrons. The van der Waals surface area contributed by atoms with Gasteiger partial charge in [-0.1, -0.05) is 6.07 Å². The van der Waals surface area contributed by atoms with E-state index in [9.17, 15) is 14.7 Å². The van der Waals surface area contributed by atoms with Crippen LogP contribution in [0, 0.1) is 6.92 Å². The van der Waals surface area contributed by atoms with Crippen molar-refractivity contribution in [2.24, 2.45) is 0 Å². The van der Waals surface area contributed by atoms with Gasteiger partial charge in [0.05, 0.1) is 6.04 Å². The molecule has 6 heteroatoms. The van der Waals surface area contributed by atoms with Crippen molar-refractivity contribution >= 4 is 11.9 Å². The second-order valence-corrected chi connectivity index (χ2v) is 6.79. The first-order valence-electron chi connectivity index (χ1n) is 8.76. The molecule has 1 saturated carbocycles. The highest BCUT2D eigenvalue weighted by molar-refractivity contribution is 5.84. The molecular weight excluding hydrogens is 306 g/mol. The maximum Gasteiger partial charge on any atom is 0.320 e. The van der Waals surface area contributed by atoms with Crippen LogP contribution in [0.2, 0.25) is 0 Å². The number of carbonyl (C=O) groups excluding carboxylic acids is 1. The van der Waals surface area contributed by atoms with E-state index in [1.807, 2.05) is 24.0 Å². The molecule has 0 spiro atoms. The van der Waals surface area contributed by atoms with Crippen molar-refractivity contribution in [3.63, 3.8) is 0 Å². The van der Waals surface area contributed by atoms with Crippen molar-refractivity contribution < 1.29 is 14.7 Å². The van der Waals surface area contributed by atoms with E-state index in [0.29, 0.717) is 19.4 Å². The van der Waals surface area contributed by atoms with Crippen LogP contribution in [-0.2, 0) is 16.0 Å². The van der Waals surface area contributed by atoms with Crippen LogP contribution in [0.1, 0.15) is 43.4 Å². The number of hydrogen-bond acceptors (Lipinski definition) is 4. The zero-order valence-corrected chi connectivity index (χ0v) is 14.1. The molecule has 6 nitrogen and oxygen atoms in total. The fraction of sp³-hybridized carbons (Fsp3) is 0.611. The molecule has 2 aliphatic rings. The lowest BCUT2D eigenvalue weighted by Gasteiger charge is -2.27. The van der Waals surface area contributed by atoms with Crippen molar-refractivity contribution in [1.82, 2.24) is 15.2 Å². The minimum atomic E-state index is -0.803. The number of amides is 1. The molecule has 1 aromatic heterocycles. The van der Waals surface area contributed by atoms with Crippen molar-refractivity contribution in [2.75, 3.05) is 6.54 Å². The Balaban J connectivity index is 1.48. The van der Waals surface area contributed by atoms with Crippen LogP contribution in [0.3, 0.4) is 0 Å². The molecule has 1 amide bonds. The Hall–Kier alpha value is -1.95. The highest BCUT2D eigenvalue weighted by Crippen LogP contribution is 2.37. The van der Waals surface area contributed by atoms with Crippen molar-refractivity contribution in [2.45, 2.75) is 63.6 Å². The molecule has 1 aliphatic carbocycles. The van der Waals surface area contributed by atoms with Gasteiger partial charge in [-0.2, -0.15) is 0 Å². The molecule has 24 heavy (non-hydrogen) atoms. The highest BCUT2D eigenvalue weighted by Gasteiger charge is 2.48. The number of carboxylic acids is 1. The van der Waals surface area contributed by atoms with Crippen LogP contribution in [0.25, 0.3) is 0 Å². The summed E-state index contributed by atoms with van der Waals surface area (Å²) in [5.74, 6) is -0.828. The molecule has 2 heterocycles. The number of hydrogen-bond donors (Lipinski definition) is 2. The summed E-state index contributed by atoms with van der Waals surface area (Å²) in [6, 6.07) is 3.46. The van der Waals surface area contributed by atoms with Crippen LogP contribution in [0.4, 0.5) is 0 Å². The lowest BCUT2D eigenvalue weighted by Crippen LogP contribution is -2.49.